The SMILES string of the molecule is O=C(Nc1ccc(F)cc1F)C1CCN(C(=O)Nc2ccccc2)CC1. The fourth-order valence-electron chi connectivity index (χ4n) is 2.89. The molecule has 136 valence electrons. The molecule has 5 nitrogen and oxygen atoms in total. The van der Waals surface area contributed by atoms with E-state index in [1.54, 1.807) is 17.0 Å². The van der Waals surface area contributed by atoms with Crippen LogP contribution in [0.15, 0.2) is 48.5 Å². The Morgan fingerprint density at radius 2 is 1.65 bits per heavy atom. The summed E-state index contributed by atoms with van der Waals surface area (Å²) in [6.45, 7) is 0.866. The maximum Gasteiger partial charge on any atom is 0.321 e. The number of anilines is 2. The highest BCUT2D eigenvalue weighted by molar-refractivity contribution is 5.93. The molecule has 0 spiro atoms. The molecule has 2 aromatic carbocycles. The lowest BCUT2D eigenvalue weighted by molar-refractivity contribution is -0.121. The van der Waals surface area contributed by atoms with Crippen LogP contribution in [0.25, 0.3) is 0 Å². The van der Waals surface area contributed by atoms with Crippen LogP contribution in [0.5, 0.6) is 0 Å². The van der Waals surface area contributed by atoms with Gasteiger partial charge < -0.3 is 15.5 Å². The molecular formula is C19H19F2N3O2. The summed E-state index contributed by atoms with van der Waals surface area (Å²) in [7, 11) is 0. The number of nitrogens with zero attached hydrogens (tertiary/aromatic N) is 1. The Kier molecular flexibility index (Phi) is 5.46. The topological polar surface area (TPSA) is 61.4 Å². The van der Waals surface area contributed by atoms with E-state index in [-0.39, 0.29) is 23.5 Å². The first-order valence-electron chi connectivity index (χ1n) is 8.40. The minimum Gasteiger partial charge on any atom is -0.324 e. The summed E-state index contributed by atoms with van der Waals surface area (Å²) in [6.07, 6.45) is 0.966. The number of likely N-dealkylation sites (tertiary alicyclic amines) is 1. The van der Waals surface area contributed by atoms with Crippen molar-refractivity contribution in [2.75, 3.05) is 23.7 Å². The van der Waals surface area contributed by atoms with Crippen LogP contribution in [-0.4, -0.2) is 29.9 Å². The summed E-state index contributed by atoms with van der Waals surface area (Å²) in [5, 5.41) is 5.30. The van der Waals surface area contributed by atoms with E-state index in [2.05, 4.69) is 10.6 Å². The Labute approximate surface area is 150 Å². The average Bonchev–Trinajstić information content (AvgIpc) is 2.65. The van der Waals surface area contributed by atoms with Crippen molar-refractivity contribution in [1.29, 1.82) is 0 Å². The molecular weight excluding hydrogens is 340 g/mol. The number of para-hydroxylation sites is 1. The minimum atomic E-state index is -0.807. The van der Waals surface area contributed by atoms with Gasteiger partial charge in [0, 0.05) is 30.8 Å². The molecule has 1 fully saturated rings. The van der Waals surface area contributed by atoms with Crippen molar-refractivity contribution in [3.8, 4) is 0 Å². The highest BCUT2D eigenvalue weighted by atomic mass is 19.1. The fourth-order valence-corrected chi connectivity index (χ4v) is 2.89. The quantitative estimate of drug-likeness (QED) is 0.874. The maximum absolute atomic E-state index is 13.6. The summed E-state index contributed by atoms with van der Waals surface area (Å²) in [5.41, 5.74) is 0.671. The molecule has 7 heteroatoms. The van der Waals surface area contributed by atoms with E-state index < -0.39 is 11.6 Å². The first-order chi connectivity index (χ1) is 12.5. The van der Waals surface area contributed by atoms with Gasteiger partial charge in [-0.05, 0) is 37.1 Å². The van der Waals surface area contributed by atoms with Gasteiger partial charge in [-0.15, -0.1) is 0 Å². The van der Waals surface area contributed by atoms with Gasteiger partial charge in [-0.1, -0.05) is 18.2 Å². The molecule has 1 heterocycles. The normalized spacial score (nSPS) is 14.8. The van der Waals surface area contributed by atoms with Crippen LogP contribution >= 0.6 is 0 Å². The zero-order chi connectivity index (χ0) is 18.5. The van der Waals surface area contributed by atoms with Crippen molar-refractivity contribution in [3.05, 3.63) is 60.2 Å². The van der Waals surface area contributed by atoms with Gasteiger partial charge in [0.05, 0.1) is 5.69 Å². The average molecular weight is 359 g/mol. The van der Waals surface area contributed by atoms with Crippen molar-refractivity contribution in [1.82, 2.24) is 4.90 Å². The number of nitrogens with one attached hydrogen (secondary N) is 2. The molecule has 2 aromatic rings. The number of piperidine rings is 1. The number of halogens is 2. The predicted molar refractivity (Wildman–Crippen MR) is 94.7 cm³/mol. The van der Waals surface area contributed by atoms with Crippen molar-refractivity contribution in [2.24, 2.45) is 5.92 Å². The highest BCUT2D eigenvalue weighted by Crippen LogP contribution is 2.22. The van der Waals surface area contributed by atoms with Gasteiger partial charge in [-0.3, -0.25) is 4.79 Å². The Hall–Kier alpha value is -2.96. The van der Waals surface area contributed by atoms with Crippen molar-refractivity contribution >= 4 is 23.3 Å². The molecule has 0 aliphatic carbocycles. The zero-order valence-corrected chi connectivity index (χ0v) is 14.0. The van der Waals surface area contributed by atoms with Gasteiger partial charge in [0.15, 0.2) is 0 Å². The van der Waals surface area contributed by atoms with E-state index in [9.17, 15) is 18.4 Å². The molecule has 3 rings (SSSR count). The number of hydrogen-bond acceptors (Lipinski definition) is 2. The summed E-state index contributed by atoms with van der Waals surface area (Å²) >= 11 is 0. The van der Waals surface area contributed by atoms with Crippen molar-refractivity contribution < 1.29 is 18.4 Å². The smallest absolute Gasteiger partial charge is 0.321 e. The van der Waals surface area contributed by atoms with Gasteiger partial charge in [-0.2, -0.15) is 0 Å². The number of carbonyl (C=O) groups is 2. The number of amides is 3. The number of benzene rings is 2. The number of urea groups is 1. The number of carbonyl (C=O) groups excluding carboxylic acids is 2. The van der Waals surface area contributed by atoms with Gasteiger partial charge in [0.1, 0.15) is 11.6 Å². The van der Waals surface area contributed by atoms with Crippen LogP contribution in [0.4, 0.5) is 25.0 Å². The number of rotatable bonds is 3. The van der Waals surface area contributed by atoms with E-state index in [1.807, 2.05) is 18.2 Å². The van der Waals surface area contributed by atoms with Gasteiger partial charge >= 0.3 is 6.03 Å². The van der Waals surface area contributed by atoms with E-state index in [4.69, 9.17) is 0 Å². The van der Waals surface area contributed by atoms with E-state index in [0.29, 0.717) is 31.6 Å². The fraction of sp³-hybridized carbons (Fsp3) is 0.263. The number of hydrogen-bond donors (Lipinski definition) is 2. The van der Waals surface area contributed by atoms with Crippen molar-refractivity contribution in [2.45, 2.75) is 12.8 Å². The van der Waals surface area contributed by atoms with Crippen LogP contribution in [0, 0.1) is 17.6 Å². The van der Waals surface area contributed by atoms with Gasteiger partial charge in [0.2, 0.25) is 5.91 Å². The molecule has 0 saturated carbocycles. The third-order valence-corrected chi connectivity index (χ3v) is 4.37. The summed E-state index contributed by atoms with van der Waals surface area (Å²) in [5.74, 6) is -2.14. The summed E-state index contributed by atoms with van der Waals surface area (Å²) in [4.78, 5) is 26.2. The second-order valence-corrected chi connectivity index (χ2v) is 6.17. The maximum atomic E-state index is 13.6. The lowest BCUT2D eigenvalue weighted by Gasteiger charge is -2.31. The third-order valence-electron chi connectivity index (χ3n) is 4.37. The molecule has 0 bridgehead atoms. The molecule has 0 atom stereocenters. The molecule has 0 radical (unpaired) electrons. The van der Waals surface area contributed by atoms with Gasteiger partial charge in [0.25, 0.3) is 0 Å². The second kappa shape index (κ2) is 7.95. The molecule has 1 saturated heterocycles. The standard InChI is InChI=1S/C19H19F2N3O2/c20-14-6-7-17(16(21)12-14)23-18(25)13-8-10-24(11-9-13)19(26)22-15-4-2-1-3-5-15/h1-7,12-13H,8-11H2,(H,22,26)(H,23,25). The predicted octanol–water partition coefficient (Wildman–Crippen LogP) is 3.85. The van der Waals surface area contributed by atoms with Crippen LogP contribution in [0.2, 0.25) is 0 Å². The van der Waals surface area contributed by atoms with E-state index in [0.717, 1.165) is 12.1 Å². The monoisotopic (exact) mass is 359 g/mol. The Bertz CT molecular complexity index is 791. The third kappa shape index (κ3) is 4.36. The Morgan fingerprint density at radius 3 is 2.31 bits per heavy atom. The molecule has 3 amide bonds. The first-order valence-corrected chi connectivity index (χ1v) is 8.40. The van der Waals surface area contributed by atoms with Crippen LogP contribution < -0.4 is 10.6 Å². The van der Waals surface area contributed by atoms with Crippen molar-refractivity contribution in [3.63, 3.8) is 0 Å². The highest BCUT2D eigenvalue weighted by Gasteiger charge is 2.27. The second-order valence-electron chi connectivity index (χ2n) is 6.17. The molecule has 26 heavy (non-hydrogen) atoms. The minimum absolute atomic E-state index is 0.0411. The first kappa shape index (κ1) is 17.8. The molecule has 1 aliphatic rings. The molecule has 0 unspecified atom stereocenters. The largest absolute Gasteiger partial charge is 0.324 e. The zero-order valence-electron chi connectivity index (χ0n) is 14.0. The van der Waals surface area contributed by atoms with Crippen LogP contribution in [0.1, 0.15) is 12.8 Å². The van der Waals surface area contributed by atoms with Gasteiger partial charge in [-0.25, -0.2) is 13.6 Å². The Morgan fingerprint density at radius 1 is 0.962 bits per heavy atom. The van der Waals surface area contributed by atoms with E-state index in [1.165, 1.54) is 6.07 Å². The van der Waals surface area contributed by atoms with Crippen LogP contribution in [0.3, 0.4) is 0 Å². The molecule has 0 aromatic heterocycles. The van der Waals surface area contributed by atoms with E-state index >= 15 is 0 Å². The lowest BCUT2D eigenvalue weighted by atomic mass is 9.96. The van der Waals surface area contributed by atoms with Crippen LogP contribution in [-0.2, 0) is 4.79 Å². The summed E-state index contributed by atoms with van der Waals surface area (Å²) < 4.78 is 26.6. The summed E-state index contributed by atoms with van der Waals surface area (Å²) in [6, 6.07) is 11.9. The molecule has 1 aliphatic heterocycles. The Balaban J connectivity index is 1.51. The molecule has 2 N–H and O–H groups in total. The lowest BCUT2D eigenvalue weighted by Crippen LogP contribution is -2.43.